The first-order chi connectivity index (χ1) is 16.7. The summed E-state index contributed by atoms with van der Waals surface area (Å²) < 4.78 is 9.74. The van der Waals surface area contributed by atoms with Crippen molar-refractivity contribution in [2.45, 2.75) is 33.7 Å². The van der Waals surface area contributed by atoms with Crippen molar-refractivity contribution >= 4 is 29.0 Å². The number of allylic oxidation sites excluding steroid dienone is 1. The summed E-state index contributed by atoms with van der Waals surface area (Å²) in [6, 6.07) is 10.5. The molecule has 1 atom stereocenters. The predicted molar refractivity (Wildman–Crippen MR) is 135 cm³/mol. The Kier molecular flexibility index (Phi) is 5.64. The number of thiazole rings is 1. The van der Waals surface area contributed by atoms with E-state index in [-0.39, 0.29) is 11.5 Å². The standard InChI is InChI=1S/C26H25N5O3S/c1-14-8-6-7-9-19(14)28-24(32)22-17(4)27-26-31(23(22)20-11-10-15(2)34-20)25(33)21(35-26)12-18-13-30(5)29-16(18)3/h6-13,23H,1-5H3,(H,28,32). The summed E-state index contributed by atoms with van der Waals surface area (Å²) in [6.45, 7) is 7.45. The summed E-state index contributed by atoms with van der Waals surface area (Å²) in [7, 11) is 1.84. The highest BCUT2D eigenvalue weighted by Crippen LogP contribution is 2.32. The molecule has 9 heteroatoms. The minimum absolute atomic E-state index is 0.232. The Labute approximate surface area is 205 Å². The van der Waals surface area contributed by atoms with Crippen molar-refractivity contribution in [1.82, 2.24) is 14.3 Å². The zero-order valence-electron chi connectivity index (χ0n) is 20.1. The maximum atomic E-state index is 13.7. The number of hydrogen-bond donors (Lipinski definition) is 1. The van der Waals surface area contributed by atoms with Gasteiger partial charge in [0.2, 0.25) is 0 Å². The van der Waals surface area contributed by atoms with Crippen LogP contribution in [0.25, 0.3) is 6.08 Å². The highest BCUT2D eigenvalue weighted by Gasteiger charge is 2.34. The fourth-order valence-corrected chi connectivity index (χ4v) is 5.32. The number of amides is 1. The molecule has 4 heterocycles. The van der Waals surface area contributed by atoms with Gasteiger partial charge >= 0.3 is 0 Å². The third-order valence-electron chi connectivity index (χ3n) is 6.03. The predicted octanol–water partition coefficient (Wildman–Crippen LogP) is 3.13. The van der Waals surface area contributed by atoms with Gasteiger partial charge in [0.1, 0.15) is 17.6 Å². The first-order valence-corrected chi connectivity index (χ1v) is 12.0. The molecule has 1 aliphatic rings. The van der Waals surface area contributed by atoms with Gasteiger partial charge in [-0.15, -0.1) is 0 Å². The van der Waals surface area contributed by atoms with Gasteiger partial charge in [0.25, 0.3) is 11.5 Å². The van der Waals surface area contributed by atoms with Gasteiger partial charge in [0.05, 0.1) is 21.5 Å². The van der Waals surface area contributed by atoms with E-state index in [4.69, 9.17) is 4.42 Å². The first-order valence-electron chi connectivity index (χ1n) is 11.2. The number of hydrogen-bond acceptors (Lipinski definition) is 6. The van der Waals surface area contributed by atoms with Crippen molar-refractivity contribution in [3.63, 3.8) is 0 Å². The molecule has 1 aliphatic heterocycles. The summed E-state index contributed by atoms with van der Waals surface area (Å²) in [5, 5.41) is 7.35. The number of benzene rings is 1. The normalized spacial score (nSPS) is 15.8. The quantitative estimate of drug-likeness (QED) is 0.479. The number of anilines is 1. The molecular formula is C26H25N5O3S. The minimum atomic E-state index is -0.735. The average Bonchev–Trinajstić information content (AvgIpc) is 3.46. The van der Waals surface area contributed by atoms with Crippen molar-refractivity contribution in [3.05, 3.63) is 102 Å². The molecule has 1 amide bonds. The number of carbonyl (C=O) groups excluding carboxylic acids is 1. The van der Waals surface area contributed by atoms with Crippen LogP contribution in [0.1, 0.15) is 41.3 Å². The number of para-hydroxylation sites is 1. The molecule has 0 radical (unpaired) electrons. The van der Waals surface area contributed by atoms with E-state index in [0.717, 1.165) is 16.8 Å². The molecule has 4 aromatic rings. The van der Waals surface area contributed by atoms with Crippen LogP contribution in [0, 0.1) is 20.8 Å². The summed E-state index contributed by atoms with van der Waals surface area (Å²) >= 11 is 1.29. The van der Waals surface area contributed by atoms with Gasteiger partial charge in [0.15, 0.2) is 4.80 Å². The molecule has 1 unspecified atom stereocenters. The van der Waals surface area contributed by atoms with Crippen molar-refractivity contribution in [2.75, 3.05) is 5.32 Å². The van der Waals surface area contributed by atoms with Crippen LogP contribution >= 0.6 is 11.3 Å². The first kappa shape index (κ1) is 22.8. The third-order valence-corrected chi connectivity index (χ3v) is 7.01. The van der Waals surface area contributed by atoms with Gasteiger partial charge in [0, 0.05) is 24.5 Å². The Morgan fingerprint density at radius 2 is 1.91 bits per heavy atom. The van der Waals surface area contributed by atoms with Crippen LogP contribution in [0.5, 0.6) is 0 Å². The lowest BCUT2D eigenvalue weighted by atomic mass is 10.00. The molecular weight excluding hydrogens is 462 g/mol. The van der Waals surface area contributed by atoms with Crippen LogP contribution in [0.15, 0.2) is 68.1 Å². The molecule has 5 rings (SSSR count). The SMILES string of the molecule is CC1=C(C(=O)Nc2ccccc2C)C(c2ccc(C)o2)n2c(sc(=Cc3cn(C)nc3C)c2=O)=N1. The number of fused-ring (bicyclic) bond motifs is 1. The van der Waals surface area contributed by atoms with E-state index in [1.807, 2.05) is 76.5 Å². The van der Waals surface area contributed by atoms with E-state index in [1.54, 1.807) is 16.2 Å². The lowest BCUT2D eigenvalue weighted by Crippen LogP contribution is -2.40. The summed E-state index contributed by atoms with van der Waals surface area (Å²) in [6.07, 6.45) is 3.69. The van der Waals surface area contributed by atoms with Crippen LogP contribution in [0.4, 0.5) is 5.69 Å². The van der Waals surface area contributed by atoms with Gasteiger partial charge in [-0.05, 0) is 57.5 Å². The van der Waals surface area contributed by atoms with E-state index in [0.29, 0.717) is 37.8 Å². The highest BCUT2D eigenvalue weighted by atomic mass is 32.1. The van der Waals surface area contributed by atoms with Crippen LogP contribution in [0.3, 0.4) is 0 Å². The number of nitrogens with one attached hydrogen (secondary N) is 1. The number of nitrogens with zero attached hydrogens (tertiary/aromatic N) is 4. The maximum Gasteiger partial charge on any atom is 0.271 e. The molecule has 1 N–H and O–H groups in total. The van der Waals surface area contributed by atoms with Crippen molar-refractivity contribution in [2.24, 2.45) is 12.0 Å². The van der Waals surface area contributed by atoms with E-state index in [1.165, 1.54) is 11.3 Å². The van der Waals surface area contributed by atoms with Gasteiger partial charge in [-0.3, -0.25) is 18.8 Å². The fraction of sp³-hybridized carbons (Fsp3) is 0.231. The van der Waals surface area contributed by atoms with E-state index < -0.39 is 6.04 Å². The number of rotatable bonds is 4. The molecule has 0 aliphatic carbocycles. The number of carbonyl (C=O) groups is 1. The van der Waals surface area contributed by atoms with Gasteiger partial charge in [-0.25, -0.2) is 4.99 Å². The monoisotopic (exact) mass is 487 g/mol. The second-order valence-electron chi connectivity index (χ2n) is 8.64. The average molecular weight is 488 g/mol. The van der Waals surface area contributed by atoms with Gasteiger partial charge < -0.3 is 9.73 Å². The Morgan fingerprint density at radius 1 is 1.14 bits per heavy atom. The lowest BCUT2D eigenvalue weighted by molar-refractivity contribution is -0.113. The molecule has 178 valence electrons. The molecule has 0 spiro atoms. The second-order valence-corrected chi connectivity index (χ2v) is 9.65. The molecule has 1 aromatic carbocycles. The molecule has 0 saturated carbocycles. The maximum absolute atomic E-state index is 13.7. The molecule has 0 bridgehead atoms. The summed E-state index contributed by atoms with van der Waals surface area (Å²) in [5.41, 5.74) is 4.01. The second kappa shape index (κ2) is 8.66. The topological polar surface area (TPSA) is 94.4 Å². The Balaban J connectivity index is 1.68. The fourth-order valence-electron chi connectivity index (χ4n) is 4.29. The zero-order chi connectivity index (χ0) is 24.9. The van der Waals surface area contributed by atoms with Crippen LogP contribution in [-0.4, -0.2) is 20.3 Å². The highest BCUT2D eigenvalue weighted by molar-refractivity contribution is 7.07. The summed E-state index contributed by atoms with van der Waals surface area (Å²) in [5.74, 6) is 0.885. The number of aryl methyl sites for hydroxylation is 4. The third kappa shape index (κ3) is 4.08. The molecule has 8 nitrogen and oxygen atoms in total. The molecule has 3 aromatic heterocycles. The van der Waals surface area contributed by atoms with E-state index in [2.05, 4.69) is 15.4 Å². The number of furan rings is 1. The van der Waals surface area contributed by atoms with Crippen molar-refractivity contribution < 1.29 is 9.21 Å². The Hall–Kier alpha value is -3.98. The molecule has 0 fully saturated rings. The Morgan fingerprint density at radius 3 is 2.57 bits per heavy atom. The van der Waals surface area contributed by atoms with Crippen LogP contribution < -0.4 is 20.2 Å². The largest absolute Gasteiger partial charge is 0.464 e. The minimum Gasteiger partial charge on any atom is -0.464 e. The smallest absolute Gasteiger partial charge is 0.271 e. The van der Waals surface area contributed by atoms with Crippen molar-refractivity contribution in [1.29, 1.82) is 0 Å². The molecule has 35 heavy (non-hydrogen) atoms. The Bertz CT molecular complexity index is 1680. The van der Waals surface area contributed by atoms with E-state index >= 15 is 0 Å². The van der Waals surface area contributed by atoms with E-state index in [9.17, 15) is 9.59 Å². The number of aromatic nitrogens is 3. The van der Waals surface area contributed by atoms with Gasteiger partial charge in [-0.1, -0.05) is 29.5 Å². The lowest BCUT2D eigenvalue weighted by Gasteiger charge is -2.23. The van der Waals surface area contributed by atoms with Crippen LogP contribution in [0.2, 0.25) is 0 Å². The van der Waals surface area contributed by atoms with Crippen LogP contribution in [-0.2, 0) is 11.8 Å². The molecule has 0 saturated heterocycles. The zero-order valence-corrected chi connectivity index (χ0v) is 20.9. The van der Waals surface area contributed by atoms with Gasteiger partial charge in [-0.2, -0.15) is 5.10 Å². The summed E-state index contributed by atoms with van der Waals surface area (Å²) in [4.78, 5) is 32.4. The van der Waals surface area contributed by atoms with Crippen molar-refractivity contribution in [3.8, 4) is 0 Å².